The van der Waals surface area contributed by atoms with Crippen molar-refractivity contribution in [1.82, 2.24) is 15.2 Å². The average molecular weight is 242 g/mol. The minimum atomic E-state index is -0.856. The Labute approximate surface area is 97.4 Å². The molecule has 3 N–H and O–H groups in total. The lowest BCUT2D eigenvalue weighted by atomic mass is 10.2. The smallest absolute Gasteiger partial charge is 0.336 e. The number of rotatable bonds is 7. The van der Waals surface area contributed by atoms with Gasteiger partial charge in [0.2, 0.25) is 11.9 Å². The second kappa shape index (κ2) is 6.46. The summed E-state index contributed by atoms with van der Waals surface area (Å²) in [6.45, 7) is 0. The Morgan fingerprint density at radius 2 is 2.12 bits per heavy atom. The summed E-state index contributed by atoms with van der Waals surface area (Å²) >= 11 is 0. The Bertz CT molecular complexity index is 390. The molecule has 8 nitrogen and oxygen atoms in total. The van der Waals surface area contributed by atoms with E-state index in [4.69, 9.17) is 9.84 Å². The highest BCUT2D eigenvalue weighted by Gasteiger charge is 2.07. The molecule has 0 aliphatic carbocycles. The fourth-order valence-electron chi connectivity index (χ4n) is 1.15. The fourth-order valence-corrected chi connectivity index (χ4v) is 1.15. The number of unbranched alkanes of at least 4 members (excludes halogenated alkanes) is 1. The third-order valence-corrected chi connectivity index (χ3v) is 1.95. The molecule has 94 valence electrons. The number of H-pyrrole nitrogens is 1. The zero-order chi connectivity index (χ0) is 12.7. The van der Waals surface area contributed by atoms with Gasteiger partial charge in [-0.15, -0.1) is 5.10 Å². The first-order valence-electron chi connectivity index (χ1n) is 5.10. The second-order valence-electron chi connectivity index (χ2n) is 3.32. The summed E-state index contributed by atoms with van der Waals surface area (Å²) in [5, 5.41) is 17.0. The van der Waals surface area contributed by atoms with Crippen molar-refractivity contribution in [2.45, 2.75) is 25.7 Å². The number of carbonyl (C=O) groups is 2. The molecule has 8 heteroatoms. The number of anilines is 1. The molecule has 1 aromatic heterocycles. The number of carbonyl (C=O) groups excluding carboxylic acids is 1. The molecule has 0 saturated heterocycles. The summed E-state index contributed by atoms with van der Waals surface area (Å²) in [5.74, 6) is -0.885. The van der Waals surface area contributed by atoms with Gasteiger partial charge in [0, 0.05) is 12.8 Å². The van der Waals surface area contributed by atoms with Crippen molar-refractivity contribution < 1.29 is 19.4 Å². The Balaban J connectivity index is 2.22. The average Bonchev–Trinajstić information content (AvgIpc) is 2.72. The third-order valence-electron chi connectivity index (χ3n) is 1.95. The summed E-state index contributed by atoms with van der Waals surface area (Å²) < 4.78 is 4.73. The first-order chi connectivity index (χ1) is 8.11. The van der Waals surface area contributed by atoms with Crippen LogP contribution in [-0.4, -0.2) is 39.3 Å². The van der Waals surface area contributed by atoms with Gasteiger partial charge in [-0.2, -0.15) is 4.98 Å². The van der Waals surface area contributed by atoms with E-state index in [1.807, 2.05) is 0 Å². The van der Waals surface area contributed by atoms with Crippen LogP contribution in [0.5, 0.6) is 6.01 Å². The van der Waals surface area contributed by atoms with Gasteiger partial charge in [-0.1, -0.05) is 0 Å². The largest absolute Gasteiger partial charge is 0.481 e. The Morgan fingerprint density at radius 1 is 1.41 bits per heavy atom. The van der Waals surface area contributed by atoms with Crippen LogP contribution >= 0.6 is 0 Å². The summed E-state index contributed by atoms with van der Waals surface area (Å²) in [6, 6.07) is 0.145. The molecule has 0 aromatic carbocycles. The molecule has 0 saturated carbocycles. The number of ether oxygens (including phenoxy) is 1. The number of hydrogen-bond donors (Lipinski definition) is 3. The standard InChI is InChI=1S/C9H14N4O4/c1-17-9-11-8(12-13-9)10-6(14)4-2-3-5-7(15)16/h2-5H2,1H3,(H,15,16)(H2,10,11,12,13,14). The Hall–Kier alpha value is -2.12. The first kappa shape index (κ1) is 12.9. The number of nitrogens with zero attached hydrogens (tertiary/aromatic N) is 2. The number of aliphatic carboxylic acids is 1. The summed E-state index contributed by atoms with van der Waals surface area (Å²) in [7, 11) is 1.42. The Morgan fingerprint density at radius 3 is 2.71 bits per heavy atom. The van der Waals surface area contributed by atoms with E-state index in [-0.39, 0.29) is 30.7 Å². The zero-order valence-electron chi connectivity index (χ0n) is 9.39. The van der Waals surface area contributed by atoms with Gasteiger partial charge < -0.3 is 9.84 Å². The number of carboxylic acid groups (broad SMARTS) is 1. The van der Waals surface area contributed by atoms with Crippen molar-refractivity contribution in [2.24, 2.45) is 0 Å². The maximum atomic E-state index is 11.4. The zero-order valence-corrected chi connectivity index (χ0v) is 9.39. The number of methoxy groups -OCH3 is 1. The highest BCUT2D eigenvalue weighted by atomic mass is 16.5. The summed E-state index contributed by atoms with van der Waals surface area (Å²) in [5.41, 5.74) is 0. The van der Waals surface area contributed by atoms with Crippen LogP contribution in [0.25, 0.3) is 0 Å². The molecule has 1 rings (SSSR count). The van der Waals surface area contributed by atoms with E-state index in [2.05, 4.69) is 20.5 Å². The van der Waals surface area contributed by atoms with Crippen LogP contribution in [0.4, 0.5) is 5.95 Å². The lowest BCUT2D eigenvalue weighted by Gasteiger charge is -2.00. The molecular formula is C9H14N4O4. The van der Waals surface area contributed by atoms with Crippen molar-refractivity contribution in [1.29, 1.82) is 0 Å². The quantitative estimate of drug-likeness (QED) is 0.595. The molecule has 0 spiro atoms. The van der Waals surface area contributed by atoms with Gasteiger partial charge >= 0.3 is 12.0 Å². The lowest BCUT2D eigenvalue weighted by molar-refractivity contribution is -0.137. The maximum absolute atomic E-state index is 11.4. The number of amides is 1. The molecule has 0 unspecified atom stereocenters. The highest BCUT2D eigenvalue weighted by molar-refractivity contribution is 5.88. The van der Waals surface area contributed by atoms with Crippen molar-refractivity contribution in [3.8, 4) is 6.01 Å². The van der Waals surface area contributed by atoms with Gasteiger partial charge in [-0.25, -0.2) is 5.10 Å². The predicted octanol–water partition coefficient (Wildman–Crippen LogP) is 0.397. The maximum Gasteiger partial charge on any atom is 0.336 e. The van der Waals surface area contributed by atoms with E-state index in [1.54, 1.807) is 0 Å². The van der Waals surface area contributed by atoms with Gasteiger partial charge in [0.1, 0.15) is 0 Å². The number of carboxylic acids is 1. The monoisotopic (exact) mass is 242 g/mol. The van der Waals surface area contributed by atoms with Crippen molar-refractivity contribution in [3.63, 3.8) is 0 Å². The molecule has 0 aliphatic heterocycles. The van der Waals surface area contributed by atoms with Gasteiger partial charge in [0.15, 0.2) is 0 Å². The molecule has 0 radical (unpaired) electrons. The highest BCUT2D eigenvalue weighted by Crippen LogP contribution is 2.06. The van der Waals surface area contributed by atoms with Crippen molar-refractivity contribution in [2.75, 3.05) is 12.4 Å². The van der Waals surface area contributed by atoms with E-state index in [9.17, 15) is 9.59 Å². The van der Waals surface area contributed by atoms with Gasteiger partial charge in [-0.3, -0.25) is 14.9 Å². The minimum Gasteiger partial charge on any atom is -0.481 e. The van der Waals surface area contributed by atoms with Gasteiger partial charge in [-0.05, 0) is 12.8 Å². The van der Waals surface area contributed by atoms with Crippen LogP contribution in [0.1, 0.15) is 25.7 Å². The topological polar surface area (TPSA) is 117 Å². The van der Waals surface area contributed by atoms with Crippen LogP contribution in [0.15, 0.2) is 0 Å². The van der Waals surface area contributed by atoms with Gasteiger partial charge in [0.05, 0.1) is 7.11 Å². The van der Waals surface area contributed by atoms with Crippen LogP contribution in [0, 0.1) is 0 Å². The van der Waals surface area contributed by atoms with Crippen molar-refractivity contribution in [3.05, 3.63) is 0 Å². The van der Waals surface area contributed by atoms with E-state index < -0.39 is 5.97 Å². The minimum absolute atomic E-state index is 0.0728. The molecule has 0 fully saturated rings. The predicted molar refractivity (Wildman–Crippen MR) is 57.7 cm³/mol. The van der Waals surface area contributed by atoms with Crippen LogP contribution in [0.2, 0.25) is 0 Å². The number of hydrogen-bond acceptors (Lipinski definition) is 5. The number of aromatic nitrogens is 3. The Kier molecular flexibility index (Phi) is 4.92. The van der Waals surface area contributed by atoms with Crippen molar-refractivity contribution >= 4 is 17.8 Å². The first-order valence-corrected chi connectivity index (χ1v) is 5.10. The van der Waals surface area contributed by atoms with E-state index in [0.29, 0.717) is 12.8 Å². The fraction of sp³-hybridized carbons (Fsp3) is 0.556. The van der Waals surface area contributed by atoms with Crippen LogP contribution < -0.4 is 10.1 Å². The normalized spacial score (nSPS) is 9.94. The second-order valence-corrected chi connectivity index (χ2v) is 3.32. The van der Waals surface area contributed by atoms with Crippen LogP contribution in [0.3, 0.4) is 0 Å². The molecule has 1 amide bonds. The number of nitrogens with one attached hydrogen (secondary N) is 2. The van der Waals surface area contributed by atoms with E-state index in [0.717, 1.165) is 0 Å². The van der Waals surface area contributed by atoms with Gasteiger partial charge in [0.25, 0.3) is 0 Å². The lowest BCUT2D eigenvalue weighted by Crippen LogP contribution is -2.12. The summed E-state index contributed by atoms with van der Waals surface area (Å²) in [6.07, 6.45) is 1.31. The molecule has 17 heavy (non-hydrogen) atoms. The number of aromatic amines is 1. The summed E-state index contributed by atoms with van der Waals surface area (Å²) in [4.78, 5) is 25.4. The molecule has 1 aromatic rings. The third kappa shape index (κ3) is 4.96. The SMILES string of the molecule is COc1n[nH]c(NC(=O)CCCCC(=O)O)n1. The molecule has 0 bridgehead atoms. The molecule has 1 heterocycles. The van der Waals surface area contributed by atoms with E-state index >= 15 is 0 Å². The van der Waals surface area contributed by atoms with Crippen LogP contribution in [-0.2, 0) is 9.59 Å². The van der Waals surface area contributed by atoms with E-state index in [1.165, 1.54) is 7.11 Å². The molecular weight excluding hydrogens is 228 g/mol. The molecule has 0 atom stereocenters. The molecule has 0 aliphatic rings.